The number of alkyl halides is 24. The summed E-state index contributed by atoms with van der Waals surface area (Å²) in [7, 11) is 0. The number of hydrogen-bond acceptors (Lipinski definition) is 6. The normalized spacial score (nSPS) is 13.9. The number of halogens is 28. The molecule has 9 rings (SSSR count). The summed E-state index contributed by atoms with van der Waals surface area (Å²) < 4.78 is 409. The fraction of sp³-hybridized carbons (Fsp3) is 0.200. The molecular formula is C40H4F28N8Zn. The zero-order valence-electron chi connectivity index (χ0n) is 35.2. The number of benzene rings is 4. The molecule has 8 nitrogen and oxygen atoms in total. The minimum absolute atomic E-state index is 0. The predicted octanol–water partition coefficient (Wildman–Crippen LogP) is 14.8. The Morgan fingerprint density at radius 2 is 0.532 bits per heavy atom. The van der Waals surface area contributed by atoms with Crippen LogP contribution in [0.15, 0.2) is 24.3 Å². The zero-order chi connectivity index (χ0) is 56.7. The predicted molar refractivity (Wildman–Crippen MR) is 194 cm³/mol. The second-order valence-corrected chi connectivity index (χ2v) is 15.6. The number of rotatable bonds is 0. The second-order valence-electron chi connectivity index (χ2n) is 15.6. The number of nitrogens with zero attached hydrogens (tertiary/aromatic N) is 8. The minimum Gasteiger partial charge on any atom is -0.357 e. The van der Waals surface area contributed by atoms with Gasteiger partial charge in [0.15, 0.2) is 0 Å². The standard InChI is InChI=1S/C40H4F28N8.Zn/c41-21-13-5(1-9(33(45,46)47)17(21)37(57,58)59)25-69-29(13)74-26-7-3-11(35(51,52)53)19(39(63,64)65)23(43)15(7)31(71-26)76-28-8-4-12(36(54,55)56)20(40(66,67)68)24(44)16(8)32(72-28)75-27-6-2-10(34(48,49)50)18(38(60,61)62)22(42)14(6)30(70-27)73-25;/h1-4H;/q-2;+2. The molecule has 77 heavy (non-hydrogen) atoms. The molecule has 7 aromatic rings. The van der Waals surface area contributed by atoms with E-state index in [1.807, 2.05) is 0 Å². The molecule has 8 bridgehead atoms. The maximum absolute atomic E-state index is 16.3. The summed E-state index contributed by atoms with van der Waals surface area (Å²) >= 11 is 0. The van der Waals surface area contributed by atoms with Crippen molar-refractivity contribution in [3.8, 4) is 45.6 Å². The van der Waals surface area contributed by atoms with Crippen LogP contribution < -0.4 is 9.97 Å². The summed E-state index contributed by atoms with van der Waals surface area (Å²) in [5, 5.41) is -7.78. The number of hydrogen-bond donors (Lipinski definition) is 0. The van der Waals surface area contributed by atoms with E-state index in [2.05, 4.69) is 39.9 Å². The van der Waals surface area contributed by atoms with Gasteiger partial charge in [0, 0.05) is 55.6 Å². The first kappa shape index (κ1) is 56.1. The third-order valence-electron chi connectivity index (χ3n) is 11.0. The van der Waals surface area contributed by atoms with Gasteiger partial charge in [-0.25, -0.2) is 27.5 Å². The van der Waals surface area contributed by atoms with Crippen LogP contribution in [-0.2, 0) is 68.9 Å². The Balaban J connectivity index is 0.00000784. The average molecular weight is 1190 g/mol. The molecule has 0 amide bonds. The SMILES string of the molecule is Fc1c2c(cc(C(F)(F)F)c1C(F)(F)F)-c1nc-2nc2[n-]c(nc3nc(nc4[n-]c(n1)c1c(F)c(C(F)(F)F)c(C(F)(F)F)cc41)-c1c-3cc(C(F)(F)F)c(C(F)(F)F)c1F)c1c(F)c(C(F)(F)F)c(C(F)(F)F)cc21.[Zn+2]. The topological polar surface area (TPSA) is 106 Å². The smallest absolute Gasteiger partial charge is 0.357 e. The van der Waals surface area contributed by atoms with Crippen molar-refractivity contribution in [3.05, 3.63) is 92.0 Å². The van der Waals surface area contributed by atoms with Gasteiger partial charge in [0.05, 0.1) is 45.6 Å². The molecule has 0 radical (unpaired) electrons. The van der Waals surface area contributed by atoms with Gasteiger partial charge in [-0.3, -0.25) is 0 Å². The summed E-state index contributed by atoms with van der Waals surface area (Å²) in [6.45, 7) is 0. The Morgan fingerprint density at radius 1 is 0.286 bits per heavy atom. The third-order valence-corrected chi connectivity index (χ3v) is 11.0. The fourth-order valence-corrected chi connectivity index (χ4v) is 8.11. The van der Waals surface area contributed by atoms with Gasteiger partial charge in [0.2, 0.25) is 0 Å². The van der Waals surface area contributed by atoms with Crippen molar-refractivity contribution in [2.45, 2.75) is 49.4 Å². The summed E-state index contributed by atoms with van der Waals surface area (Å²) in [5.74, 6) is -20.3. The van der Waals surface area contributed by atoms with Gasteiger partial charge in [-0.05, 0) is 35.0 Å². The monoisotopic (exact) mass is 1190 g/mol. The Morgan fingerprint density at radius 3 is 0.792 bits per heavy atom. The molecule has 37 heteroatoms. The molecule has 0 spiro atoms. The van der Waals surface area contributed by atoms with E-state index < -0.39 is 231 Å². The quantitative estimate of drug-likeness (QED) is 0.109. The van der Waals surface area contributed by atoms with Crippen LogP contribution in [0.2, 0.25) is 0 Å². The van der Waals surface area contributed by atoms with Crippen molar-refractivity contribution in [3.63, 3.8) is 0 Å². The molecule has 4 aromatic carbocycles. The minimum atomic E-state index is -6.46. The van der Waals surface area contributed by atoms with Gasteiger partial charge < -0.3 is 29.9 Å². The van der Waals surface area contributed by atoms with E-state index >= 15 is 17.6 Å². The Hall–Kier alpha value is -7.10. The van der Waals surface area contributed by atoms with Gasteiger partial charge in [0.1, 0.15) is 45.5 Å². The first-order chi connectivity index (χ1) is 34.4. The fourth-order valence-electron chi connectivity index (χ4n) is 8.11. The van der Waals surface area contributed by atoms with Crippen LogP contribution in [-0.4, -0.2) is 29.9 Å². The van der Waals surface area contributed by atoms with Crippen LogP contribution in [0.5, 0.6) is 0 Å². The van der Waals surface area contributed by atoms with Gasteiger partial charge in [-0.2, -0.15) is 105 Å². The van der Waals surface area contributed by atoms with E-state index in [0.717, 1.165) is 0 Å². The molecular weight excluding hydrogens is 1190 g/mol. The largest absolute Gasteiger partial charge is 2.00 e. The first-order valence-corrected chi connectivity index (χ1v) is 19.2. The summed E-state index contributed by atoms with van der Waals surface area (Å²) in [5.41, 5.74) is -40.9. The van der Waals surface area contributed by atoms with Crippen molar-refractivity contribution in [2.24, 2.45) is 0 Å². The van der Waals surface area contributed by atoms with Crippen LogP contribution >= 0.6 is 0 Å². The number of fused-ring (bicyclic) bond motifs is 20. The maximum atomic E-state index is 16.3. The summed E-state index contributed by atoms with van der Waals surface area (Å²) in [6.07, 6.45) is -51.2. The Labute approximate surface area is 413 Å². The zero-order valence-corrected chi connectivity index (χ0v) is 38.1. The van der Waals surface area contributed by atoms with E-state index in [0.29, 0.717) is 0 Å². The number of aromatic nitrogens is 8. The Bertz CT molecular complexity index is 3620. The van der Waals surface area contributed by atoms with Crippen molar-refractivity contribution in [1.29, 1.82) is 0 Å². The molecule has 402 valence electrons. The van der Waals surface area contributed by atoms with E-state index in [4.69, 9.17) is 0 Å². The van der Waals surface area contributed by atoms with Gasteiger partial charge in [-0.1, -0.05) is 0 Å². The molecule has 0 aliphatic carbocycles. The van der Waals surface area contributed by atoms with Crippen molar-refractivity contribution >= 4 is 44.1 Å². The Kier molecular flexibility index (Phi) is 12.4. The van der Waals surface area contributed by atoms with Crippen LogP contribution in [0.3, 0.4) is 0 Å². The molecule has 3 aromatic heterocycles. The molecule has 0 fully saturated rings. The second kappa shape index (κ2) is 17.0. The maximum Gasteiger partial charge on any atom is 2.00 e. The van der Waals surface area contributed by atoms with E-state index in [1.165, 1.54) is 0 Å². The molecule has 0 atom stereocenters. The molecule has 2 aliphatic heterocycles. The summed E-state index contributed by atoms with van der Waals surface area (Å²) in [6, 6.07) is -2.83. The molecule has 0 saturated carbocycles. The van der Waals surface area contributed by atoms with Crippen molar-refractivity contribution < 1.29 is 142 Å². The van der Waals surface area contributed by atoms with E-state index in [9.17, 15) is 105 Å². The van der Waals surface area contributed by atoms with Gasteiger partial charge in [0.25, 0.3) is 0 Å². The van der Waals surface area contributed by atoms with Crippen LogP contribution in [0.25, 0.3) is 89.7 Å². The molecule has 0 unspecified atom stereocenters. The summed E-state index contributed by atoms with van der Waals surface area (Å²) in [4.78, 5) is 26.4. The molecule has 5 heterocycles. The van der Waals surface area contributed by atoms with Crippen molar-refractivity contribution in [2.75, 3.05) is 0 Å². The van der Waals surface area contributed by atoms with Gasteiger partial charge >= 0.3 is 68.9 Å². The van der Waals surface area contributed by atoms with Crippen LogP contribution in [0, 0.1) is 23.3 Å². The molecule has 0 saturated heterocycles. The third kappa shape index (κ3) is 9.02. The van der Waals surface area contributed by atoms with Gasteiger partial charge in [-0.15, -0.1) is 0 Å². The van der Waals surface area contributed by atoms with Crippen LogP contribution in [0.4, 0.5) is 123 Å². The van der Waals surface area contributed by atoms with E-state index in [-0.39, 0.29) is 19.5 Å². The molecule has 2 aliphatic rings. The first-order valence-electron chi connectivity index (χ1n) is 19.2. The van der Waals surface area contributed by atoms with Crippen LogP contribution in [0.1, 0.15) is 44.5 Å². The van der Waals surface area contributed by atoms with Crippen molar-refractivity contribution in [1.82, 2.24) is 39.9 Å². The molecule has 0 N–H and O–H groups in total. The average Bonchev–Trinajstić information content (AvgIpc) is 3.95. The van der Waals surface area contributed by atoms with E-state index in [1.54, 1.807) is 0 Å².